The van der Waals surface area contributed by atoms with E-state index in [1.807, 2.05) is 24.3 Å². The SMILES string of the molecule is N=C(N)c1ccc(-c2ccc(C(=O)NCCCCC(=O)O)cc2)cc1. The Morgan fingerprint density at radius 2 is 1.44 bits per heavy atom. The van der Waals surface area contributed by atoms with E-state index in [0.29, 0.717) is 30.5 Å². The molecule has 25 heavy (non-hydrogen) atoms. The number of carboxylic acids is 1. The maximum Gasteiger partial charge on any atom is 0.303 e. The number of nitrogen functional groups attached to an aromatic ring is 1. The smallest absolute Gasteiger partial charge is 0.303 e. The summed E-state index contributed by atoms with van der Waals surface area (Å²) in [6, 6.07) is 14.6. The number of rotatable bonds is 8. The van der Waals surface area contributed by atoms with E-state index in [1.165, 1.54) is 0 Å². The highest BCUT2D eigenvalue weighted by molar-refractivity contribution is 5.96. The lowest BCUT2D eigenvalue weighted by atomic mass is 10.0. The number of carboxylic acid groups (broad SMARTS) is 1. The standard InChI is InChI=1S/C19H21N3O3/c20-18(21)15-8-4-13(5-9-15)14-6-10-16(11-7-14)19(25)22-12-2-1-3-17(23)24/h4-11H,1-3,12H2,(H3,20,21)(H,22,25)(H,23,24). The molecule has 0 unspecified atom stereocenters. The quantitative estimate of drug-likeness (QED) is 0.336. The molecule has 0 fully saturated rings. The van der Waals surface area contributed by atoms with Gasteiger partial charge in [-0.15, -0.1) is 0 Å². The summed E-state index contributed by atoms with van der Waals surface area (Å²) in [6.07, 6.45) is 1.30. The van der Waals surface area contributed by atoms with Crippen molar-refractivity contribution in [1.29, 1.82) is 5.41 Å². The third-order valence-corrected chi connectivity index (χ3v) is 3.78. The Balaban J connectivity index is 1.91. The summed E-state index contributed by atoms with van der Waals surface area (Å²) in [4.78, 5) is 22.5. The van der Waals surface area contributed by atoms with Crippen molar-refractivity contribution in [2.24, 2.45) is 5.73 Å². The minimum Gasteiger partial charge on any atom is -0.481 e. The molecule has 0 bridgehead atoms. The molecule has 6 heteroatoms. The van der Waals surface area contributed by atoms with Crippen LogP contribution in [0.25, 0.3) is 11.1 Å². The van der Waals surface area contributed by atoms with Crippen LogP contribution in [0.5, 0.6) is 0 Å². The number of benzene rings is 2. The van der Waals surface area contributed by atoms with Crippen molar-refractivity contribution < 1.29 is 14.7 Å². The molecule has 0 aliphatic rings. The summed E-state index contributed by atoms with van der Waals surface area (Å²) in [5.74, 6) is -0.964. The number of unbranched alkanes of at least 4 members (excludes halogenated alkanes) is 1. The van der Waals surface area contributed by atoms with Crippen LogP contribution < -0.4 is 11.1 Å². The highest BCUT2D eigenvalue weighted by Gasteiger charge is 2.06. The van der Waals surface area contributed by atoms with Crippen LogP contribution in [0.4, 0.5) is 0 Å². The van der Waals surface area contributed by atoms with Crippen LogP contribution in [0.2, 0.25) is 0 Å². The van der Waals surface area contributed by atoms with E-state index in [2.05, 4.69) is 5.32 Å². The van der Waals surface area contributed by atoms with Gasteiger partial charge in [0, 0.05) is 24.1 Å². The Kier molecular flexibility index (Phi) is 6.28. The Morgan fingerprint density at radius 3 is 1.92 bits per heavy atom. The lowest BCUT2D eigenvalue weighted by Gasteiger charge is -2.07. The molecule has 2 aromatic carbocycles. The van der Waals surface area contributed by atoms with Gasteiger partial charge in [-0.2, -0.15) is 0 Å². The number of amides is 1. The maximum absolute atomic E-state index is 12.0. The number of carbonyl (C=O) groups excluding carboxylic acids is 1. The number of hydrogen-bond acceptors (Lipinski definition) is 3. The molecular weight excluding hydrogens is 318 g/mol. The van der Waals surface area contributed by atoms with E-state index in [0.717, 1.165) is 11.1 Å². The average Bonchev–Trinajstić information content (AvgIpc) is 2.61. The van der Waals surface area contributed by atoms with Crippen molar-refractivity contribution in [1.82, 2.24) is 5.32 Å². The molecule has 0 aromatic heterocycles. The second-order valence-electron chi connectivity index (χ2n) is 5.68. The van der Waals surface area contributed by atoms with E-state index in [4.69, 9.17) is 16.2 Å². The zero-order valence-corrected chi connectivity index (χ0v) is 13.8. The maximum atomic E-state index is 12.0. The Hall–Kier alpha value is -3.15. The normalized spacial score (nSPS) is 10.2. The zero-order valence-electron chi connectivity index (χ0n) is 13.8. The van der Waals surface area contributed by atoms with Gasteiger partial charge in [-0.1, -0.05) is 36.4 Å². The van der Waals surface area contributed by atoms with E-state index < -0.39 is 5.97 Å². The van der Waals surface area contributed by atoms with Gasteiger partial charge in [-0.25, -0.2) is 0 Å². The van der Waals surface area contributed by atoms with Gasteiger partial charge < -0.3 is 16.2 Å². The molecule has 2 rings (SSSR count). The fraction of sp³-hybridized carbons (Fsp3) is 0.211. The first kappa shape index (κ1) is 18.2. The molecule has 6 nitrogen and oxygen atoms in total. The van der Waals surface area contributed by atoms with E-state index in [9.17, 15) is 9.59 Å². The fourth-order valence-corrected chi connectivity index (χ4v) is 2.36. The average molecular weight is 339 g/mol. The van der Waals surface area contributed by atoms with Crippen molar-refractivity contribution in [3.05, 3.63) is 59.7 Å². The topological polar surface area (TPSA) is 116 Å². The number of aliphatic carboxylic acids is 1. The van der Waals surface area contributed by atoms with Crippen LogP contribution >= 0.6 is 0 Å². The van der Waals surface area contributed by atoms with Gasteiger partial charge in [0.05, 0.1) is 0 Å². The van der Waals surface area contributed by atoms with Gasteiger partial charge in [0.1, 0.15) is 5.84 Å². The van der Waals surface area contributed by atoms with Gasteiger partial charge >= 0.3 is 5.97 Å². The van der Waals surface area contributed by atoms with Crippen LogP contribution in [0.15, 0.2) is 48.5 Å². The Morgan fingerprint density at radius 1 is 0.920 bits per heavy atom. The molecule has 0 spiro atoms. The lowest BCUT2D eigenvalue weighted by molar-refractivity contribution is -0.137. The van der Waals surface area contributed by atoms with Crippen molar-refractivity contribution in [2.45, 2.75) is 19.3 Å². The number of nitrogens with two attached hydrogens (primary N) is 1. The Bertz CT molecular complexity index is 752. The number of carbonyl (C=O) groups is 2. The molecular formula is C19H21N3O3. The van der Waals surface area contributed by atoms with Crippen LogP contribution in [-0.4, -0.2) is 29.4 Å². The molecule has 0 atom stereocenters. The first-order chi connectivity index (χ1) is 12.0. The predicted octanol–water partition coefficient (Wildman–Crippen LogP) is 2.62. The molecule has 0 radical (unpaired) electrons. The molecule has 0 aliphatic heterocycles. The molecule has 130 valence electrons. The van der Waals surface area contributed by atoms with Crippen LogP contribution in [-0.2, 0) is 4.79 Å². The highest BCUT2D eigenvalue weighted by atomic mass is 16.4. The minimum absolute atomic E-state index is 0.0296. The summed E-state index contributed by atoms with van der Waals surface area (Å²) in [7, 11) is 0. The van der Waals surface area contributed by atoms with Crippen molar-refractivity contribution in [2.75, 3.05) is 6.54 Å². The minimum atomic E-state index is -0.821. The molecule has 2 aromatic rings. The first-order valence-electron chi connectivity index (χ1n) is 8.02. The first-order valence-corrected chi connectivity index (χ1v) is 8.02. The summed E-state index contributed by atoms with van der Waals surface area (Å²) in [6.45, 7) is 0.459. The van der Waals surface area contributed by atoms with Crippen LogP contribution in [0.1, 0.15) is 35.2 Å². The molecule has 0 heterocycles. The van der Waals surface area contributed by atoms with E-state index in [1.54, 1.807) is 24.3 Å². The zero-order chi connectivity index (χ0) is 18.2. The van der Waals surface area contributed by atoms with Crippen molar-refractivity contribution >= 4 is 17.7 Å². The monoisotopic (exact) mass is 339 g/mol. The Labute approximate surface area is 146 Å². The third kappa shape index (κ3) is 5.46. The van der Waals surface area contributed by atoms with Gasteiger partial charge in [0.15, 0.2) is 0 Å². The van der Waals surface area contributed by atoms with Crippen molar-refractivity contribution in [3.63, 3.8) is 0 Å². The highest BCUT2D eigenvalue weighted by Crippen LogP contribution is 2.20. The summed E-state index contributed by atoms with van der Waals surface area (Å²) in [5, 5.41) is 18.7. The van der Waals surface area contributed by atoms with Gasteiger partial charge in [-0.05, 0) is 36.1 Å². The van der Waals surface area contributed by atoms with Gasteiger partial charge in [0.25, 0.3) is 5.91 Å². The third-order valence-electron chi connectivity index (χ3n) is 3.78. The lowest BCUT2D eigenvalue weighted by Crippen LogP contribution is -2.24. The largest absolute Gasteiger partial charge is 0.481 e. The van der Waals surface area contributed by atoms with Crippen LogP contribution in [0.3, 0.4) is 0 Å². The second kappa shape index (κ2) is 8.63. The summed E-state index contributed by atoms with van der Waals surface area (Å²) < 4.78 is 0. The summed E-state index contributed by atoms with van der Waals surface area (Å²) >= 11 is 0. The van der Waals surface area contributed by atoms with E-state index in [-0.39, 0.29) is 18.2 Å². The molecule has 0 aliphatic carbocycles. The fourth-order valence-electron chi connectivity index (χ4n) is 2.36. The molecule has 1 amide bonds. The number of hydrogen-bond donors (Lipinski definition) is 4. The molecule has 0 saturated carbocycles. The number of nitrogens with one attached hydrogen (secondary N) is 2. The van der Waals surface area contributed by atoms with E-state index >= 15 is 0 Å². The van der Waals surface area contributed by atoms with Crippen molar-refractivity contribution in [3.8, 4) is 11.1 Å². The molecule has 0 saturated heterocycles. The van der Waals surface area contributed by atoms with Crippen LogP contribution in [0, 0.1) is 5.41 Å². The predicted molar refractivity (Wildman–Crippen MR) is 96.7 cm³/mol. The summed E-state index contributed by atoms with van der Waals surface area (Å²) in [5.41, 5.74) is 8.61. The molecule has 5 N–H and O–H groups in total. The van der Waals surface area contributed by atoms with Gasteiger partial charge in [0.2, 0.25) is 0 Å². The van der Waals surface area contributed by atoms with Gasteiger partial charge in [-0.3, -0.25) is 15.0 Å². The number of amidine groups is 1. The second-order valence-corrected chi connectivity index (χ2v) is 5.68.